The summed E-state index contributed by atoms with van der Waals surface area (Å²) >= 11 is 0. The zero-order chi connectivity index (χ0) is 9.80. The van der Waals surface area contributed by atoms with E-state index in [4.69, 9.17) is 10.5 Å². The molecule has 0 atom stereocenters. The van der Waals surface area contributed by atoms with Crippen LogP contribution in [0.1, 0.15) is 6.42 Å². The summed E-state index contributed by atoms with van der Waals surface area (Å²) in [7, 11) is 0. The molecule has 0 amide bonds. The summed E-state index contributed by atoms with van der Waals surface area (Å²) in [5, 5.41) is 1.20. The topological polar surface area (TPSA) is 51.0 Å². The van der Waals surface area contributed by atoms with Crippen molar-refractivity contribution in [2.24, 2.45) is 5.73 Å². The summed E-state index contributed by atoms with van der Waals surface area (Å²) in [4.78, 5) is 3.15. The number of hydrogen-bond donors (Lipinski definition) is 2. The Bertz CT molecular complexity index is 408. The van der Waals surface area contributed by atoms with E-state index in [1.54, 1.807) is 0 Å². The fourth-order valence-corrected chi connectivity index (χ4v) is 1.39. The van der Waals surface area contributed by atoms with Crippen molar-refractivity contribution >= 4 is 10.9 Å². The van der Waals surface area contributed by atoms with Gasteiger partial charge in [0, 0.05) is 17.8 Å². The van der Waals surface area contributed by atoms with Crippen LogP contribution in [0.3, 0.4) is 0 Å². The molecule has 1 aromatic carbocycles. The predicted octanol–water partition coefficient (Wildman–Crippen LogP) is 1.90. The van der Waals surface area contributed by atoms with Gasteiger partial charge in [0.1, 0.15) is 5.75 Å². The van der Waals surface area contributed by atoms with E-state index in [2.05, 4.69) is 4.98 Å². The van der Waals surface area contributed by atoms with E-state index in [1.807, 2.05) is 30.5 Å². The quantitative estimate of drug-likeness (QED) is 0.723. The maximum absolute atomic E-state index is 5.52. The Hall–Kier alpha value is -1.48. The van der Waals surface area contributed by atoms with Crippen molar-refractivity contribution in [2.45, 2.75) is 6.42 Å². The van der Waals surface area contributed by atoms with Gasteiger partial charge in [-0.1, -0.05) is 0 Å². The summed E-state index contributed by atoms with van der Waals surface area (Å²) in [5.74, 6) is 0.897. The lowest BCUT2D eigenvalue weighted by Gasteiger charge is -2.04. The van der Waals surface area contributed by atoms with Gasteiger partial charge in [0.2, 0.25) is 0 Å². The van der Waals surface area contributed by atoms with Gasteiger partial charge in [-0.25, -0.2) is 0 Å². The lowest BCUT2D eigenvalue weighted by atomic mass is 10.2. The van der Waals surface area contributed by atoms with E-state index in [0.29, 0.717) is 13.2 Å². The van der Waals surface area contributed by atoms with Crippen LogP contribution >= 0.6 is 0 Å². The Morgan fingerprint density at radius 1 is 1.29 bits per heavy atom. The second-order valence-electron chi connectivity index (χ2n) is 3.22. The molecule has 0 radical (unpaired) electrons. The van der Waals surface area contributed by atoms with Gasteiger partial charge in [-0.05, 0) is 36.6 Å². The van der Waals surface area contributed by atoms with Gasteiger partial charge in [0.15, 0.2) is 0 Å². The minimum Gasteiger partial charge on any atom is -0.493 e. The highest BCUT2D eigenvalue weighted by Crippen LogP contribution is 2.19. The summed E-state index contributed by atoms with van der Waals surface area (Å²) < 4.78 is 5.52. The van der Waals surface area contributed by atoms with Crippen LogP contribution in [0.2, 0.25) is 0 Å². The van der Waals surface area contributed by atoms with Crippen molar-refractivity contribution in [1.29, 1.82) is 0 Å². The first-order valence-corrected chi connectivity index (χ1v) is 4.80. The molecular formula is C11H14N2O. The van der Waals surface area contributed by atoms with Crippen molar-refractivity contribution in [3.63, 3.8) is 0 Å². The molecule has 0 aliphatic heterocycles. The third-order valence-corrected chi connectivity index (χ3v) is 2.14. The summed E-state index contributed by atoms with van der Waals surface area (Å²) in [6.07, 6.45) is 2.82. The van der Waals surface area contributed by atoms with Crippen LogP contribution in [-0.2, 0) is 0 Å². The van der Waals surface area contributed by atoms with Crippen LogP contribution in [0, 0.1) is 0 Å². The van der Waals surface area contributed by atoms with E-state index >= 15 is 0 Å². The van der Waals surface area contributed by atoms with Crippen LogP contribution in [-0.4, -0.2) is 18.1 Å². The lowest BCUT2D eigenvalue weighted by Crippen LogP contribution is -2.05. The standard InChI is InChI=1S/C11H14N2O/c12-5-1-7-14-10-3-2-9-4-6-13-11(9)8-10/h2-4,6,8,13H,1,5,7,12H2. The SMILES string of the molecule is NCCCOc1ccc2cc[nH]c2c1. The molecule has 0 aliphatic carbocycles. The minimum absolute atomic E-state index is 0.671. The first-order chi connectivity index (χ1) is 6.90. The number of aromatic nitrogens is 1. The third-order valence-electron chi connectivity index (χ3n) is 2.14. The molecule has 0 fully saturated rings. The molecule has 0 aliphatic rings. The lowest BCUT2D eigenvalue weighted by molar-refractivity contribution is 0.314. The molecule has 0 bridgehead atoms. The highest BCUT2D eigenvalue weighted by Gasteiger charge is 1.97. The van der Waals surface area contributed by atoms with Crippen molar-refractivity contribution in [3.8, 4) is 5.75 Å². The second kappa shape index (κ2) is 4.15. The Labute approximate surface area is 82.9 Å². The van der Waals surface area contributed by atoms with Gasteiger partial charge < -0.3 is 15.5 Å². The predicted molar refractivity (Wildman–Crippen MR) is 57.5 cm³/mol. The largest absolute Gasteiger partial charge is 0.493 e. The van der Waals surface area contributed by atoms with E-state index in [-0.39, 0.29) is 0 Å². The first-order valence-electron chi connectivity index (χ1n) is 4.80. The van der Waals surface area contributed by atoms with Gasteiger partial charge >= 0.3 is 0 Å². The fraction of sp³-hybridized carbons (Fsp3) is 0.273. The van der Waals surface area contributed by atoms with E-state index in [0.717, 1.165) is 17.7 Å². The summed E-state index contributed by atoms with van der Waals surface area (Å²) in [6, 6.07) is 8.07. The van der Waals surface area contributed by atoms with E-state index in [1.165, 1.54) is 5.39 Å². The average Bonchev–Trinajstić information content (AvgIpc) is 2.65. The molecule has 0 saturated heterocycles. The normalized spacial score (nSPS) is 10.6. The van der Waals surface area contributed by atoms with Crippen LogP contribution < -0.4 is 10.5 Å². The molecule has 0 unspecified atom stereocenters. The number of fused-ring (bicyclic) bond motifs is 1. The number of benzene rings is 1. The van der Waals surface area contributed by atoms with E-state index in [9.17, 15) is 0 Å². The molecule has 74 valence electrons. The maximum Gasteiger partial charge on any atom is 0.121 e. The van der Waals surface area contributed by atoms with Crippen LogP contribution in [0.4, 0.5) is 0 Å². The van der Waals surface area contributed by atoms with E-state index < -0.39 is 0 Å². The zero-order valence-corrected chi connectivity index (χ0v) is 7.99. The molecular weight excluding hydrogens is 176 g/mol. The molecule has 3 nitrogen and oxygen atoms in total. The third kappa shape index (κ3) is 1.88. The number of nitrogens with one attached hydrogen (secondary N) is 1. The number of nitrogens with two attached hydrogens (primary N) is 1. The van der Waals surface area contributed by atoms with Crippen molar-refractivity contribution < 1.29 is 4.74 Å². The van der Waals surface area contributed by atoms with Gasteiger partial charge in [-0.3, -0.25) is 0 Å². The molecule has 1 heterocycles. The number of H-pyrrole nitrogens is 1. The smallest absolute Gasteiger partial charge is 0.121 e. The van der Waals surface area contributed by atoms with Gasteiger partial charge in [0.25, 0.3) is 0 Å². The Kier molecular flexibility index (Phi) is 2.70. The van der Waals surface area contributed by atoms with Crippen molar-refractivity contribution in [1.82, 2.24) is 4.98 Å². The molecule has 2 aromatic rings. The monoisotopic (exact) mass is 190 g/mol. The van der Waals surface area contributed by atoms with Crippen LogP contribution in [0.25, 0.3) is 10.9 Å². The first kappa shape index (κ1) is 9.09. The molecule has 3 N–H and O–H groups in total. The van der Waals surface area contributed by atoms with Crippen molar-refractivity contribution in [2.75, 3.05) is 13.2 Å². The number of rotatable bonds is 4. The maximum atomic E-state index is 5.52. The van der Waals surface area contributed by atoms with Gasteiger partial charge in [-0.2, -0.15) is 0 Å². The van der Waals surface area contributed by atoms with Crippen molar-refractivity contribution in [3.05, 3.63) is 30.5 Å². The molecule has 2 rings (SSSR count). The molecule has 1 aromatic heterocycles. The zero-order valence-electron chi connectivity index (χ0n) is 7.99. The molecule has 14 heavy (non-hydrogen) atoms. The highest BCUT2D eigenvalue weighted by atomic mass is 16.5. The Balaban J connectivity index is 2.10. The van der Waals surface area contributed by atoms with Crippen LogP contribution in [0.15, 0.2) is 30.5 Å². The molecule has 0 saturated carbocycles. The second-order valence-corrected chi connectivity index (χ2v) is 3.22. The number of ether oxygens (including phenoxy) is 1. The molecule has 3 heteroatoms. The number of hydrogen-bond acceptors (Lipinski definition) is 2. The highest BCUT2D eigenvalue weighted by molar-refractivity contribution is 5.80. The Morgan fingerprint density at radius 3 is 3.07 bits per heavy atom. The van der Waals surface area contributed by atoms with Gasteiger partial charge in [0.05, 0.1) is 6.61 Å². The summed E-state index contributed by atoms with van der Waals surface area (Å²) in [6.45, 7) is 1.35. The number of aromatic amines is 1. The van der Waals surface area contributed by atoms with Crippen LogP contribution in [0.5, 0.6) is 5.75 Å². The minimum atomic E-state index is 0.671. The molecule has 0 spiro atoms. The summed E-state index contributed by atoms with van der Waals surface area (Å²) in [5.41, 5.74) is 6.49. The Morgan fingerprint density at radius 2 is 2.21 bits per heavy atom. The fourth-order valence-electron chi connectivity index (χ4n) is 1.39. The average molecular weight is 190 g/mol. The van der Waals surface area contributed by atoms with Gasteiger partial charge in [-0.15, -0.1) is 0 Å².